The Morgan fingerprint density at radius 3 is 2.95 bits per heavy atom. The van der Waals surface area contributed by atoms with Crippen LogP contribution in [0.5, 0.6) is 17.4 Å². The van der Waals surface area contributed by atoms with Crippen molar-refractivity contribution < 1.29 is 14.2 Å². The normalized spacial score (nSPS) is 16.8. The molecule has 0 amide bonds. The van der Waals surface area contributed by atoms with Crippen LogP contribution in [0.3, 0.4) is 0 Å². The number of aromatic nitrogens is 2. The summed E-state index contributed by atoms with van der Waals surface area (Å²) in [7, 11) is 3.27. The molecule has 110 valence electrons. The third-order valence-electron chi connectivity index (χ3n) is 3.61. The van der Waals surface area contributed by atoms with Gasteiger partial charge >= 0.3 is 0 Å². The van der Waals surface area contributed by atoms with E-state index >= 15 is 0 Å². The SMILES string of the molecule is COc1ccnc(C[C@@H]2COc3c(cccc3OC)C2)n1. The number of ether oxygens (including phenoxy) is 3. The number of rotatable bonds is 4. The molecule has 2 aromatic rings. The van der Waals surface area contributed by atoms with Gasteiger partial charge in [0.25, 0.3) is 0 Å². The molecule has 1 aliphatic rings. The molecule has 0 unspecified atom stereocenters. The average Bonchev–Trinajstić information content (AvgIpc) is 2.54. The monoisotopic (exact) mass is 286 g/mol. The van der Waals surface area contributed by atoms with Gasteiger partial charge in [0.05, 0.1) is 20.8 Å². The van der Waals surface area contributed by atoms with Gasteiger partial charge < -0.3 is 14.2 Å². The second-order valence-electron chi connectivity index (χ2n) is 5.05. The van der Waals surface area contributed by atoms with Crippen LogP contribution >= 0.6 is 0 Å². The van der Waals surface area contributed by atoms with Gasteiger partial charge in [0.1, 0.15) is 5.82 Å². The third-order valence-corrected chi connectivity index (χ3v) is 3.61. The van der Waals surface area contributed by atoms with Crippen molar-refractivity contribution in [3.05, 3.63) is 41.9 Å². The van der Waals surface area contributed by atoms with Crippen molar-refractivity contribution in [3.63, 3.8) is 0 Å². The number of fused-ring (bicyclic) bond motifs is 1. The number of methoxy groups -OCH3 is 2. The topological polar surface area (TPSA) is 53.5 Å². The first-order valence-electron chi connectivity index (χ1n) is 6.94. The van der Waals surface area contributed by atoms with Gasteiger partial charge in [-0.15, -0.1) is 0 Å². The number of benzene rings is 1. The highest BCUT2D eigenvalue weighted by atomic mass is 16.5. The molecule has 3 rings (SSSR count). The smallest absolute Gasteiger partial charge is 0.216 e. The van der Waals surface area contributed by atoms with E-state index in [1.165, 1.54) is 5.56 Å². The van der Waals surface area contributed by atoms with Gasteiger partial charge in [-0.1, -0.05) is 12.1 Å². The predicted octanol–water partition coefficient (Wildman–Crippen LogP) is 2.29. The van der Waals surface area contributed by atoms with Crippen LogP contribution in [-0.2, 0) is 12.8 Å². The van der Waals surface area contributed by atoms with Crippen LogP contribution in [0.2, 0.25) is 0 Å². The second-order valence-corrected chi connectivity index (χ2v) is 5.05. The highest BCUT2D eigenvalue weighted by Gasteiger charge is 2.23. The maximum Gasteiger partial charge on any atom is 0.216 e. The fourth-order valence-corrected chi connectivity index (χ4v) is 2.60. The van der Waals surface area contributed by atoms with Crippen molar-refractivity contribution >= 4 is 0 Å². The molecule has 1 aliphatic heterocycles. The minimum atomic E-state index is 0.358. The van der Waals surface area contributed by atoms with E-state index in [2.05, 4.69) is 16.0 Å². The number of nitrogens with zero attached hydrogens (tertiary/aromatic N) is 2. The standard InChI is InChI=1S/C16H18N2O3/c1-19-13-5-3-4-12-8-11(10-21-16(12)13)9-14-17-7-6-15(18-14)20-2/h3-7,11H,8-10H2,1-2H3/t11-/m1/s1. The maximum atomic E-state index is 5.88. The average molecular weight is 286 g/mol. The van der Waals surface area contributed by atoms with Gasteiger partial charge in [0.15, 0.2) is 11.5 Å². The van der Waals surface area contributed by atoms with E-state index in [0.29, 0.717) is 18.4 Å². The Morgan fingerprint density at radius 2 is 2.14 bits per heavy atom. The van der Waals surface area contributed by atoms with Crippen molar-refractivity contribution in [2.45, 2.75) is 12.8 Å². The molecule has 1 atom stereocenters. The molecule has 5 nitrogen and oxygen atoms in total. The van der Waals surface area contributed by atoms with E-state index in [1.807, 2.05) is 12.1 Å². The van der Waals surface area contributed by atoms with Gasteiger partial charge in [0, 0.05) is 24.6 Å². The van der Waals surface area contributed by atoms with E-state index in [-0.39, 0.29) is 0 Å². The van der Waals surface area contributed by atoms with Crippen molar-refractivity contribution in [1.82, 2.24) is 9.97 Å². The molecule has 0 saturated carbocycles. The molecular formula is C16H18N2O3. The van der Waals surface area contributed by atoms with Crippen LogP contribution in [0.1, 0.15) is 11.4 Å². The lowest BCUT2D eigenvalue weighted by molar-refractivity contribution is 0.209. The fraction of sp³-hybridized carbons (Fsp3) is 0.375. The zero-order chi connectivity index (χ0) is 14.7. The first-order valence-corrected chi connectivity index (χ1v) is 6.94. The second kappa shape index (κ2) is 5.99. The lowest BCUT2D eigenvalue weighted by atomic mass is 9.93. The van der Waals surface area contributed by atoms with E-state index in [9.17, 15) is 0 Å². The molecule has 1 aromatic carbocycles. The lowest BCUT2D eigenvalue weighted by Gasteiger charge is -2.26. The van der Waals surface area contributed by atoms with E-state index < -0.39 is 0 Å². The largest absolute Gasteiger partial charge is 0.493 e. The summed E-state index contributed by atoms with van der Waals surface area (Å²) < 4.78 is 16.3. The van der Waals surface area contributed by atoms with Gasteiger partial charge in [-0.2, -0.15) is 4.98 Å². The first kappa shape index (κ1) is 13.7. The number of hydrogen-bond donors (Lipinski definition) is 0. The lowest BCUT2D eigenvalue weighted by Crippen LogP contribution is -2.24. The van der Waals surface area contributed by atoms with Crippen molar-refractivity contribution in [2.75, 3.05) is 20.8 Å². The highest BCUT2D eigenvalue weighted by molar-refractivity contribution is 5.47. The quantitative estimate of drug-likeness (QED) is 0.863. The van der Waals surface area contributed by atoms with Crippen molar-refractivity contribution in [1.29, 1.82) is 0 Å². The van der Waals surface area contributed by atoms with Crippen molar-refractivity contribution in [2.24, 2.45) is 5.92 Å². The summed E-state index contributed by atoms with van der Waals surface area (Å²) in [6, 6.07) is 7.74. The van der Waals surface area contributed by atoms with Crippen molar-refractivity contribution in [3.8, 4) is 17.4 Å². The van der Waals surface area contributed by atoms with E-state index in [4.69, 9.17) is 14.2 Å². The maximum absolute atomic E-state index is 5.88. The molecule has 0 bridgehead atoms. The molecule has 5 heteroatoms. The summed E-state index contributed by atoms with van der Waals surface area (Å²) in [6.07, 6.45) is 3.43. The Labute approximate surface area is 123 Å². The fourth-order valence-electron chi connectivity index (χ4n) is 2.60. The molecule has 0 saturated heterocycles. The van der Waals surface area contributed by atoms with Crippen LogP contribution < -0.4 is 14.2 Å². The van der Waals surface area contributed by atoms with Crippen LogP contribution in [0, 0.1) is 5.92 Å². The Hall–Kier alpha value is -2.30. The molecule has 1 aromatic heterocycles. The molecule has 2 heterocycles. The zero-order valence-electron chi connectivity index (χ0n) is 12.2. The number of hydrogen-bond acceptors (Lipinski definition) is 5. The summed E-state index contributed by atoms with van der Waals surface area (Å²) in [4.78, 5) is 8.66. The Kier molecular flexibility index (Phi) is 3.90. The number of para-hydroxylation sites is 1. The highest BCUT2D eigenvalue weighted by Crippen LogP contribution is 2.36. The minimum Gasteiger partial charge on any atom is -0.493 e. The molecule has 21 heavy (non-hydrogen) atoms. The van der Waals surface area contributed by atoms with Crippen LogP contribution in [0.25, 0.3) is 0 Å². The molecular weight excluding hydrogens is 268 g/mol. The van der Waals surface area contributed by atoms with Crippen LogP contribution in [-0.4, -0.2) is 30.8 Å². The molecule has 0 spiro atoms. The Bertz CT molecular complexity index is 631. The Balaban J connectivity index is 1.74. The van der Waals surface area contributed by atoms with Gasteiger partial charge in [-0.25, -0.2) is 4.98 Å². The summed E-state index contributed by atoms with van der Waals surface area (Å²) in [5.74, 6) is 3.40. The molecule has 0 radical (unpaired) electrons. The van der Waals surface area contributed by atoms with Crippen LogP contribution in [0.15, 0.2) is 30.5 Å². The van der Waals surface area contributed by atoms with Gasteiger partial charge in [-0.3, -0.25) is 0 Å². The van der Waals surface area contributed by atoms with Crippen LogP contribution in [0.4, 0.5) is 0 Å². The molecule has 0 aliphatic carbocycles. The zero-order valence-corrected chi connectivity index (χ0v) is 12.2. The predicted molar refractivity (Wildman–Crippen MR) is 78.0 cm³/mol. The third kappa shape index (κ3) is 2.91. The summed E-state index contributed by atoms with van der Waals surface area (Å²) in [5, 5.41) is 0. The van der Waals surface area contributed by atoms with E-state index in [0.717, 1.165) is 30.2 Å². The van der Waals surface area contributed by atoms with Gasteiger partial charge in [0.2, 0.25) is 5.88 Å². The first-order chi connectivity index (χ1) is 10.3. The summed E-state index contributed by atoms with van der Waals surface area (Å²) in [6.45, 7) is 0.647. The van der Waals surface area contributed by atoms with E-state index in [1.54, 1.807) is 26.5 Å². The van der Waals surface area contributed by atoms with Gasteiger partial charge in [-0.05, 0) is 18.1 Å². The summed E-state index contributed by atoms with van der Waals surface area (Å²) >= 11 is 0. The summed E-state index contributed by atoms with van der Waals surface area (Å²) in [5.41, 5.74) is 1.17. The molecule has 0 N–H and O–H groups in total. The Morgan fingerprint density at radius 1 is 1.24 bits per heavy atom. The minimum absolute atomic E-state index is 0.358. The molecule has 0 fully saturated rings.